The van der Waals surface area contributed by atoms with Crippen molar-refractivity contribution in [3.8, 4) is 0 Å². The molecule has 0 fully saturated rings. The zero-order chi connectivity index (χ0) is 12.1. The lowest BCUT2D eigenvalue weighted by molar-refractivity contribution is 0.508. The van der Waals surface area contributed by atoms with E-state index in [1.54, 1.807) is 6.26 Å². The fourth-order valence-corrected chi connectivity index (χ4v) is 1.39. The van der Waals surface area contributed by atoms with Gasteiger partial charge >= 0.3 is 0 Å². The minimum Gasteiger partial charge on any atom is -0.370 e. The minimum absolute atomic E-state index is 0.0627. The molecule has 2 atom stereocenters. The third-order valence-electron chi connectivity index (χ3n) is 1.89. The van der Waals surface area contributed by atoms with Crippen LogP contribution in [-0.4, -0.2) is 33.8 Å². The maximum atomic E-state index is 11.1. The van der Waals surface area contributed by atoms with Gasteiger partial charge in [-0.2, -0.15) is 0 Å². The summed E-state index contributed by atoms with van der Waals surface area (Å²) in [5.74, 6) is 0.455. The summed E-state index contributed by atoms with van der Waals surface area (Å²) >= 11 is 0. The molecule has 0 amide bonds. The van der Waals surface area contributed by atoms with Crippen molar-refractivity contribution < 1.29 is 4.21 Å². The Hall–Kier alpha value is -0.580. The summed E-state index contributed by atoms with van der Waals surface area (Å²) in [6, 6.07) is 0. The number of aliphatic imine (C=N–C) groups is 1. The van der Waals surface area contributed by atoms with Gasteiger partial charge < -0.3 is 11.1 Å². The average Bonchev–Trinajstić information content (AvgIpc) is 2.00. The third-order valence-corrected chi connectivity index (χ3v) is 3.26. The molecule has 0 spiro atoms. The molecule has 0 aromatic carbocycles. The van der Waals surface area contributed by atoms with Crippen molar-refractivity contribution in [1.82, 2.24) is 5.32 Å². The highest BCUT2D eigenvalue weighted by atomic mass is 32.2. The average molecular weight is 233 g/mol. The standard InChI is InChI=1S/C10H23N3OS/c1-8(15(5)14)6-7-12-9(11)13-10(2,3)4/h8H,6-7H2,1-5H3,(H3,11,12,13). The van der Waals surface area contributed by atoms with Crippen molar-refractivity contribution in [3.63, 3.8) is 0 Å². The van der Waals surface area contributed by atoms with Crippen LogP contribution in [0, 0.1) is 0 Å². The van der Waals surface area contributed by atoms with Crippen molar-refractivity contribution >= 4 is 16.8 Å². The van der Waals surface area contributed by atoms with Gasteiger partial charge in [-0.25, -0.2) is 0 Å². The van der Waals surface area contributed by atoms with E-state index >= 15 is 0 Å². The van der Waals surface area contributed by atoms with Crippen LogP contribution in [-0.2, 0) is 10.8 Å². The number of hydrogen-bond donors (Lipinski definition) is 2. The van der Waals surface area contributed by atoms with Crippen LogP contribution in [0.3, 0.4) is 0 Å². The third kappa shape index (κ3) is 8.42. The summed E-state index contributed by atoms with van der Waals surface area (Å²) in [4.78, 5) is 4.18. The first-order chi connectivity index (χ1) is 6.72. The number of guanidine groups is 1. The second-order valence-electron chi connectivity index (χ2n) is 4.74. The lowest BCUT2D eigenvalue weighted by Crippen LogP contribution is -2.45. The van der Waals surface area contributed by atoms with Crippen LogP contribution >= 0.6 is 0 Å². The van der Waals surface area contributed by atoms with Gasteiger partial charge in [-0.3, -0.25) is 9.20 Å². The fraction of sp³-hybridized carbons (Fsp3) is 0.900. The Bertz CT molecular complexity index is 246. The molecule has 0 aromatic heterocycles. The topological polar surface area (TPSA) is 67.5 Å². The maximum absolute atomic E-state index is 11.1. The molecule has 0 bridgehead atoms. The number of hydrogen-bond acceptors (Lipinski definition) is 2. The smallest absolute Gasteiger partial charge is 0.188 e. The minimum atomic E-state index is -0.775. The predicted octanol–water partition coefficient (Wildman–Crippen LogP) is 0.846. The van der Waals surface area contributed by atoms with Gasteiger partial charge in [0, 0.05) is 34.4 Å². The molecule has 3 N–H and O–H groups in total. The van der Waals surface area contributed by atoms with Crippen LogP contribution < -0.4 is 11.1 Å². The Morgan fingerprint density at radius 1 is 1.53 bits per heavy atom. The first-order valence-electron chi connectivity index (χ1n) is 5.12. The molecular weight excluding hydrogens is 210 g/mol. The van der Waals surface area contributed by atoms with Gasteiger partial charge in [0.25, 0.3) is 0 Å². The first kappa shape index (κ1) is 14.4. The molecule has 90 valence electrons. The van der Waals surface area contributed by atoms with E-state index in [1.807, 2.05) is 27.7 Å². The molecule has 2 unspecified atom stereocenters. The second kappa shape index (κ2) is 6.10. The van der Waals surface area contributed by atoms with Gasteiger partial charge in [-0.05, 0) is 27.2 Å². The quantitative estimate of drug-likeness (QED) is 0.559. The van der Waals surface area contributed by atoms with Crippen LogP contribution in [0.15, 0.2) is 4.99 Å². The zero-order valence-corrected chi connectivity index (χ0v) is 11.1. The van der Waals surface area contributed by atoms with Crippen LogP contribution in [0.1, 0.15) is 34.1 Å². The Kier molecular flexibility index (Phi) is 5.87. The van der Waals surface area contributed by atoms with E-state index in [1.165, 1.54) is 0 Å². The SMILES string of the molecule is CC(CCN=C(N)NC(C)(C)C)S(C)=O. The number of nitrogens with zero attached hydrogens (tertiary/aromatic N) is 1. The summed E-state index contributed by atoms with van der Waals surface area (Å²) in [6.45, 7) is 8.66. The van der Waals surface area contributed by atoms with E-state index in [9.17, 15) is 4.21 Å². The van der Waals surface area contributed by atoms with E-state index in [-0.39, 0.29) is 10.8 Å². The molecular formula is C10H23N3OS. The fourth-order valence-electron chi connectivity index (χ4n) is 0.957. The summed E-state index contributed by atoms with van der Waals surface area (Å²) in [5.41, 5.74) is 5.62. The van der Waals surface area contributed by atoms with Crippen molar-refractivity contribution in [3.05, 3.63) is 0 Å². The highest BCUT2D eigenvalue weighted by molar-refractivity contribution is 7.84. The van der Waals surface area contributed by atoms with Crippen molar-refractivity contribution in [2.24, 2.45) is 10.7 Å². The van der Waals surface area contributed by atoms with E-state index in [0.29, 0.717) is 12.5 Å². The molecule has 0 aliphatic heterocycles. The molecule has 0 rings (SSSR count). The van der Waals surface area contributed by atoms with Gasteiger partial charge in [-0.1, -0.05) is 6.92 Å². The van der Waals surface area contributed by atoms with Gasteiger partial charge in [-0.15, -0.1) is 0 Å². The van der Waals surface area contributed by atoms with Crippen molar-refractivity contribution in [1.29, 1.82) is 0 Å². The second-order valence-corrected chi connectivity index (χ2v) is 6.54. The van der Waals surface area contributed by atoms with Gasteiger partial charge in [0.2, 0.25) is 0 Å². The molecule has 0 saturated carbocycles. The normalized spacial score (nSPS) is 17.3. The van der Waals surface area contributed by atoms with Gasteiger partial charge in [0.15, 0.2) is 5.96 Å². The highest BCUT2D eigenvalue weighted by Gasteiger charge is 2.10. The Labute approximate surface area is 95.2 Å². The predicted molar refractivity (Wildman–Crippen MR) is 67.5 cm³/mol. The van der Waals surface area contributed by atoms with Crippen molar-refractivity contribution in [2.75, 3.05) is 12.8 Å². The lowest BCUT2D eigenvalue weighted by atomic mass is 10.1. The monoisotopic (exact) mass is 233 g/mol. The summed E-state index contributed by atoms with van der Waals surface area (Å²) in [5, 5.41) is 3.25. The van der Waals surface area contributed by atoms with Crippen LogP contribution in [0.5, 0.6) is 0 Å². The summed E-state index contributed by atoms with van der Waals surface area (Å²) in [7, 11) is -0.775. The molecule has 0 radical (unpaired) electrons. The van der Waals surface area contributed by atoms with E-state index in [0.717, 1.165) is 6.42 Å². The van der Waals surface area contributed by atoms with E-state index < -0.39 is 10.8 Å². The summed E-state index contributed by atoms with van der Waals surface area (Å²) < 4.78 is 11.1. The molecule has 0 aromatic rings. The van der Waals surface area contributed by atoms with E-state index in [2.05, 4.69) is 10.3 Å². The maximum Gasteiger partial charge on any atom is 0.188 e. The Morgan fingerprint density at radius 3 is 2.47 bits per heavy atom. The molecule has 0 heterocycles. The number of nitrogens with two attached hydrogens (primary N) is 1. The lowest BCUT2D eigenvalue weighted by Gasteiger charge is -2.21. The van der Waals surface area contributed by atoms with Crippen molar-refractivity contribution in [2.45, 2.75) is 44.9 Å². The van der Waals surface area contributed by atoms with Gasteiger partial charge in [0.05, 0.1) is 0 Å². The largest absolute Gasteiger partial charge is 0.370 e. The van der Waals surface area contributed by atoms with Crippen LogP contribution in [0.2, 0.25) is 0 Å². The molecule has 0 aliphatic carbocycles. The Morgan fingerprint density at radius 2 is 2.07 bits per heavy atom. The zero-order valence-electron chi connectivity index (χ0n) is 10.3. The molecule has 4 nitrogen and oxygen atoms in total. The Balaban J connectivity index is 3.92. The number of nitrogens with one attached hydrogen (secondary N) is 1. The van der Waals surface area contributed by atoms with Gasteiger partial charge in [0.1, 0.15) is 0 Å². The summed E-state index contributed by atoms with van der Waals surface area (Å²) in [6.07, 6.45) is 2.51. The highest BCUT2D eigenvalue weighted by Crippen LogP contribution is 2.00. The first-order valence-corrected chi connectivity index (χ1v) is 6.75. The molecule has 0 aliphatic rings. The molecule has 15 heavy (non-hydrogen) atoms. The van der Waals surface area contributed by atoms with E-state index in [4.69, 9.17) is 5.73 Å². The molecule has 5 heteroatoms. The molecule has 0 saturated heterocycles. The number of rotatable bonds is 4. The van der Waals surface area contributed by atoms with Crippen LogP contribution in [0.25, 0.3) is 0 Å². The van der Waals surface area contributed by atoms with Crippen LogP contribution in [0.4, 0.5) is 0 Å².